The highest BCUT2D eigenvalue weighted by molar-refractivity contribution is 6.30. The lowest BCUT2D eigenvalue weighted by atomic mass is 10.2. The molecule has 2 aromatic rings. The van der Waals surface area contributed by atoms with Crippen LogP contribution in [-0.2, 0) is 6.61 Å². The van der Waals surface area contributed by atoms with Crippen molar-refractivity contribution in [3.05, 3.63) is 40.7 Å². The Morgan fingerprint density at radius 2 is 2.05 bits per heavy atom. The minimum atomic E-state index is -0.0686. The smallest absolute Gasteiger partial charge is 0.138 e. The number of ether oxygens (including phenoxy) is 1. The molecule has 0 aliphatic heterocycles. The molecule has 1 aliphatic carbocycles. The van der Waals surface area contributed by atoms with E-state index in [1.165, 1.54) is 0 Å². The second kappa shape index (κ2) is 4.87. The Kier molecular flexibility index (Phi) is 3.21. The van der Waals surface area contributed by atoms with Crippen molar-refractivity contribution in [1.29, 1.82) is 0 Å². The Morgan fingerprint density at radius 3 is 2.58 bits per heavy atom. The quantitative estimate of drug-likeness (QED) is 0.935. The molecule has 3 rings (SSSR count). The van der Waals surface area contributed by atoms with Gasteiger partial charge in [0.2, 0.25) is 0 Å². The molecule has 1 aromatic heterocycles. The lowest BCUT2D eigenvalue weighted by molar-refractivity contribution is 0.280. The molecule has 1 N–H and O–H groups in total. The van der Waals surface area contributed by atoms with Crippen LogP contribution in [-0.4, -0.2) is 22.0 Å². The summed E-state index contributed by atoms with van der Waals surface area (Å²) in [6.07, 6.45) is 2.26. The maximum atomic E-state index is 9.46. The molecule has 1 heterocycles. The van der Waals surface area contributed by atoms with Crippen molar-refractivity contribution in [1.82, 2.24) is 9.78 Å². The maximum Gasteiger partial charge on any atom is 0.138 e. The summed E-state index contributed by atoms with van der Waals surface area (Å²) in [5.41, 5.74) is 2.55. The normalized spacial score (nSPS) is 14.7. The highest BCUT2D eigenvalue weighted by Crippen LogP contribution is 2.43. The largest absolute Gasteiger partial charge is 0.497 e. The lowest BCUT2D eigenvalue weighted by Crippen LogP contribution is -1.97. The number of aliphatic hydroxyl groups excluding tert-OH is 1. The van der Waals surface area contributed by atoms with Crippen LogP contribution in [0.5, 0.6) is 5.75 Å². The van der Waals surface area contributed by atoms with E-state index in [2.05, 4.69) is 5.10 Å². The molecule has 0 amide bonds. The van der Waals surface area contributed by atoms with E-state index in [1.54, 1.807) is 11.8 Å². The Morgan fingerprint density at radius 1 is 1.37 bits per heavy atom. The van der Waals surface area contributed by atoms with Gasteiger partial charge in [0.15, 0.2) is 0 Å². The van der Waals surface area contributed by atoms with Crippen LogP contribution < -0.4 is 4.74 Å². The Bertz CT molecular complexity index is 588. The average molecular weight is 279 g/mol. The number of hydrogen-bond acceptors (Lipinski definition) is 3. The number of benzene rings is 1. The lowest BCUT2D eigenvalue weighted by Gasteiger charge is -2.04. The third kappa shape index (κ3) is 2.22. The van der Waals surface area contributed by atoms with Crippen molar-refractivity contribution in [3.8, 4) is 11.4 Å². The number of aromatic nitrogens is 2. The molecule has 0 radical (unpaired) electrons. The van der Waals surface area contributed by atoms with Crippen LogP contribution in [0.2, 0.25) is 5.15 Å². The predicted octanol–water partition coefficient (Wildman–Crippen LogP) is 2.90. The molecule has 0 spiro atoms. The van der Waals surface area contributed by atoms with Gasteiger partial charge < -0.3 is 9.84 Å². The van der Waals surface area contributed by atoms with Crippen molar-refractivity contribution < 1.29 is 9.84 Å². The highest BCUT2D eigenvalue weighted by atomic mass is 35.5. The molecule has 0 saturated heterocycles. The summed E-state index contributed by atoms with van der Waals surface area (Å²) in [6.45, 7) is -0.0686. The molecular weight excluding hydrogens is 264 g/mol. The topological polar surface area (TPSA) is 47.3 Å². The predicted molar refractivity (Wildman–Crippen MR) is 73.0 cm³/mol. The highest BCUT2D eigenvalue weighted by Gasteiger charge is 2.31. The van der Waals surface area contributed by atoms with Gasteiger partial charge in [-0.05, 0) is 37.1 Å². The summed E-state index contributed by atoms with van der Waals surface area (Å²) in [6, 6.07) is 7.52. The number of hydrogen-bond donors (Lipinski definition) is 1. The molecule has 0 bridgehead atoms. The summed E-state index contributed by atoms with van der Waals surface area (Å²) in [5, 5.41) is 14.5. The summed E-state index contributed by atoms with van der Waals surface area (Å²) in [4.78, 5) is 0. The molecule has 5 heteroatoms. The van der Waals surface area contributed by atoms with Crippen molar-refractivity contribution in [2.75, 3.05) is 7.11 Å². The molecule has 1 aliphatic rings. The van der Waals surface area contributed by atoms with Crippen LogP contribution in [0.15, 0.2) is 24.3 Å². The van der Waals surface area contributed by atoms with Gasteiger partial charge in [0.1, 0.15) is 10.9 Å². The molecule has 100 valence electrons. The van der Waals surface area contributed by atoms with Crippen LogP contribution in [0.4, 0.5) is 0 Å². The minimum Gasteiger partial charge on any atom is -0.497 e. The van der Waals surface area contributed by atoms with Crippen LogP contribution in [0.25, 0.3) is 5.69 Å². The maximum absolute atomic E-state index is 9.46. The van der Waals surface area contributed by atoms with Gasteiger partial charge in [-0.3, -0.25) is 0 Å². The van der Waals surface area contributed by atoms with Crippen molar-refractivity contribution in [3.63, 3.8) is 0 Å². The second-order valence-electron chi connectivity index (χ2n) is 4.70. The van der Waals surface area contributed by atoms with Gasteiger partial charge in [-0.1, -0.05) is 11.6 Å². The monoisotopic (exact) mass is 278 g/mol. The van der Waals surface area contributed by atoms with Gasteiger partial charge in [0.25, 0.3) is 0 Å². The van der Waals surface area contributed by atoms with Crippen molar-refractivity contribution >= 4 is 11.6 Å². The first kappa shape index (κ1) is 12.5. The minimum absolute atomic E-state index is 0.0686. The number of halogens is 1. The van der Waals surface area contributed by atoms with Crippen LogP contribution in [0, 0.1) is 0 Å². The van der Waals surface area contributed by atoms with Gasteiger partial charge in [0, 0.05) is 11.5 Å². The SMILES string of the molecule is COc1ccc(-n2nc(C3CC3)c(CO)c2Cl)cc1. The van der Waals surface area contributed by atoms with Gasteiger partial charge in [0.05, 0.1) is 25.1 Å². The summed E-state index contributed by atoms with van der Waals surface area (Å²) in [7, 11) is 1.63. The van der Waals surface area contributed by atoms with E-state index in [-0.39, 0.29) is 6.61 Å². The van der Waals surface area contributed by atoms with Gasteiger partial charge in [-0.2, -0.15) is 5.10 Å². The van der Waals surface area contributed by atoms with E-state index < -0.39 is 0 Å². The molecular formula is C14H15ClN2O2. The zero-order valence-corrected chi connectivity index (χ0v) is 11.4. The summed E-state index contributed by atoms with van der Waals surface area (Å²) >= 11 is 6.32. The van der Waals surface area contributed by atoms with Crippen LogP contribution in [0.1, 0.15) is 30.0 Å². The summed E-state index contributed by atoms with van der Waals surface area (Å²) in [5.74, 6) is 1.25. The third-order valence-electron chi connectivity index (χ3n) is 3.39. The first-order chi connectivity index (χ1) is 9.24. The van der Waals surface area contributed by atoms with Gasteiger partial charge in [-0.15, -0.1) is 0 Å². The molecule has 1 saturated carbocycles. The first-order valence-corrected chi connectivity index (χ1v) is 6.65. The Balaban J connectivity index is 2.03. The van der Waals surface area contributed by atoms with Gasteiger partial charge in [-0.25, -0.2) is 4.68 Å². The number of aliphatic hydroxyl groups is 1. The molecule has 0 atom stereocenters. The number of nitrogens with zero attached hydrogens (tertiary/aromatic N) is 2. The molecule has 1 aromatic carbocycles. The average Bonchev–Trinajstić information content (AvgIpc) is 3.23. The zero-order valence-electron chi connectivity index (χ0n) is 10.6. The summed E-state index contributed by atoms with van der Waals surface area (Å²) < 4.78 is 6.81. The first-order valence-electron chi connectivity index (χ1n) is 6.27. The fraction of sp³-hybridized carbons (Fsp3) is 0.357. The standard InChI is InChI=1S/C14H15ClN2O2/c1-19-11-6-4-10(5-7-11)17-14(15)12(8-18)13(16-17)9-2-3-9/h4-7,9,18H,2-3,8H2,1H3. The second-order valence-corrected chi connectivity index (χ2v) is 5.05. The van der Waals surface area contributed by atoms with E-state index >= 15 is 0 Å². The number of rotatable bonds is 4. The van der Waals surface area contributed by atoms with Crippen molar-refractivity contribution in [2.45, 2.75) is 25.4 Å². The fourth-order valence-electron chi connectivity index (χ4n) is 2.17. The molecule has 1 fully saturated rings. The van der Waals surface area contributed by atoms with Crippen LogP contribution >= 0.6 is 11.6 Å². The van der Waals surface area contributed by atoms with E-state index in [4.69, 9.17) is 16.3 Å². The zero-order chi connectivity index (χ0) is 13.4. The van der Waals surface area contributed by atoms with Gasteiger partial charge >= 0.3 is 0 Å². The van der Waals surface area contributed by atoms with E-state index in [0.29, 0.717) is 11.1 Å². The van der Waals surface area contributed by atoms with E-state index in [9.17, 15) is 5.11 Å². The van der Waals surface area contributed by atoms with E-state index in [0.717, 1.165) is 35.5 Å². The Labute approximate surface area is 116 Å². The molecule has 4 nitrogen and oxygen atoms in total. The fourth-order valence-corrected chi connectivity index (χ4v) is 2.46. The Hall–Kier alpha value is -1.52. The van der Waals surface area contributed by atoms with Crippen LogP contribution in [0.3, 0.4) is 0 Å². The molecule has 0 unspecified atom stereocenters. The number of methoxy groups -OCH3 is 1. The third-order valence-corrected chi connectivity index (χ3v) is 3.78. The van der Waals surface area contributed by atoms with Crippen molar-refractivity contribution in [2.24, 2.45) is 0 Å². The molecule has 19 heavy (non-hydrogen) atoms. The van der Waals surface area contributed by atoms with E-state index in [1.807, 2.05) is 24.3 Å².